The quantitative estimate of drug-likeness (QED) is 0.320. The maximum Gasteiger partial charge on any atom is 0 e. The van der Waals surface area contributed by atoms with Crippen molar-refractivity contribution in [2.45, 2.75) is 0 Å². The summed E-state index contributed by atoms with van der Waals surface area (Å²) in [6.45, 7) is 0. The van der Waals surface area contributed by atoms with Crippen molar-refractivity contribution in [2.75, 3.05) is 0 Å². The summed E-state index contributed by atoms with van der Waals surface area (Å²) in [5.74, 6) is 0. The molecule has 0 aromatic heterocycles. The molecule has 0 saturated heterocycles. The Kier molecular flexibility index (Phi) is 7.95. The van der Waals surface area contributed by atoms with Gasteiger partial charge in [0.15, 0.2) is 0 Å². The van der Waals surface area contributed by atoms with Crippen molar-refractivity contribution in [3.63, 3.8) is 0 Å². The molecule has 0 saturated carbocycles. The summed E-state index contributed by atoms with van der Waals surface area (Å²) in [7, 11) is 0. The Morgan fingerprint density at radius 2 is 0.773 bits per heavy atom. The fraction of sp³-hybridized carbons (Fsp3) is 0. The molecular formula is C20H16Fe2-8. The molecule has 0 aliphatic rings. The average molecular weight is 368 g/mol. The predicted molar refractivity (Wildman–Crippen MR) is 86.1 cm³/mol. The van der Waals surface area contributed by atoms with E-state index in [4.69, 9.17) is 0 Å². The largest absolute Gasteiger partial charge is 0.565 e. The monoisotopic (exact) mass is 368 g/mol. The van der Waals surface area contributed by atoms with Gasteiger partial charge in [-0.2, -0.15) is 59.7 Å². The van der Waals surface area contributed by atoms with Crippen LogP contribution in [-0.2, 0) is 34.1 Å². The summed E-state index contributed by atoms with van der Waals surface area (Å²) >= 11 is 0. The summed E-state index contributed by atoms with van der Waals surface area (Å²) in [5.41, 5.74) is 5.24. The van der Waals surface area contributed by atoms with E-state index in [0.717, 1.165) is 0 Å². The standard InChI is InChI=1S/2C10H8.2Fe/c2*1-2-6-9(5-1)10-7-3-4-8-10;;/h2*1-8H;;/q-6;-2;;. The van der Waals surface area contributed by atoms with Gasteiger partial charge < -0.3 is 59.7 Å². The van der Waals surface area contributed by atoms with Crippen LogP contribution in [0.25, 0.3) is 22.3 Å². The summed E-state index contributed by atoms with van der Waals surface area (Å²) in [4.78, 5) is 0. The molecule has 4 rings (SSSR count). The van der Waals surface area contributed by atoms with Gasteiger partial charge in [0.2, 0.25) is 0 Å². The van der Waals surface area contributed by atoms with E-state index in [1.165, 1.54) is 22.3 Å². The van der Waals surface area contributed by atoms with E-state index in [1.807, 2.05) is 0 Å². The van der Waals surface area contributed by atoms with Crippen LogP contribution in [0, 0.1) is 0 Å². The molecule has 0 amide bonds. The minimum absolute atomic E-state index is 0. The van der Waals surface area contributed by atoms with Gasteiger partial charge in [0.1, 0.15) is 0 Å². The minimum atomic E-state index is 0. The van der Waals surface area contributed by atoms with Gasteiger partial charge in [0.25, 0.3) is 0 Å². The maximum absolute atomic E-state index is 2.12. The Morgan fingerprint density at radius 3 is 1.14 bits per heavy atom. The predicted octanol–water partition coefficient (Wildman–Crippen LogP) is 5.58. The van der Waals surface area contributed by atoms with Gasteiger partial charge in [0, 0.05) is 34.1 Å². The summed E-state index contributed by atoms with van der Waals surface area (Å²) in [6.07, 6.45) is 0. The molecule has 4 aromatic rings. The Hall–Kier alpha value is -1.56. The first-order chi connectivity index (χ1) is 9.93. The molecule has 120 valence electrons. The van der Waals surface area contributed by atoms with Crippen molar-refractivity contribution in [1.29, 1.82) is 0 Å². The Balaban J connectivity index is 0.000000202. The van der Waals surface area contributed by atoms with Crippen molar-refractivity contribution in [1.82, 2.24) is 0 Å². The SMILES string of the molecule is [Fe].[Fe].c1cc[c-](-[c-]2[cH-][cH-][cH-][cH-]2)c1.c1cc[c-](-[c-]2cccc2)c1. The molecule has 0 N–H and O–H groups in total. The van der Waals surface area contributed by atoms with Crippen LogP contribution >= 0.6 is 0 Å². The Bertz CT molecular complexity index is 553. The van der Waals surface area contributed by atoms with Crippen molar-refractivity contribution in [3.8, 4) is 22.3 Å². The third-order valence-corrected chi connectivity index (χ3v) is 3.32. The first kappa shape index (κ1) is 18.5. The first-order valence-corrected chi connectivity index (χ1v) is 6.81. The number of hydrogen-bond donors (Lipinski definition) is 0. The van der Waals surface area contributed by atoms with Crippen molar-refractivity contribution in [2.24, 2.45) is 0 Å². The van der Waals surface area contributed by atoms with E-state index in [-0.39, 0.29) is 34.1 Å². The Labute approximate surface area is 153 Å². The van der Waals surface area contributed by atoms with Crippen molar-refractivity contribution in [3.05, 3.63) is 97.1 Å². The second kappa shape index (κ2) is 9.45. The molecule has 0 unspecified atom stereocenters. The van der Waals surface area contributed by atoms with Crippen molar-refractivity contribution >= 4 is 0 Å². The van der Waals surface area contributed by atoms with Gasteiger partial charge in [-0.05, 0) is 0 Å². The summed E-state index contributed by atoms with van der Waals surface area (Å²) < 4.78 is 0. The fourth-order valence-corrected chi connectivity index (χ4v) is 2.27. The van der Waals surface area contributed by atoms with Crippen molar-refractivity contribution < 1.29 is 34.1 Å². The van der Waals surface area contributed by atoms with E-state index < -0.39 is 0 Å². The summed E-state index contributed by atoms with van der Waals surface area (Å²) in [5, 5.41) is 0. The molecule has 0 spiro atoms. The van der Waals surface area contributed by atoms with Crippen LogP contribution < -0.4 is 0 Å². The first-order valence-electron chi connectivity index (χ1n) is 6.81. The fourth-order valence-electron chi connectivity index (χ4n) is 2.27. The van der Waals surface area contributed by atoms with Crippen LogP contribution in [0.2, 0.25) is 0 Å². The second-order valence-corrected chi connectivity index (χ2v) is 4.69. The molecule has 0 fully saturated rings. The van der Waals surface area contributed by atoms with Crippen LogP contribution in [0.3, 0.4) is 0 Å². The minimum Gasteiger partial charge on any atom is -0.565 e. The zero-order valence-electron chi connectivity index (χ0n) is 11.9. The molecule has 4 aromatic carbocycles. The molecule has 0 aliphatic heterocycles. The molecule has 0 radical (unpaired) electrons. The van der Waals surface area contributed by atoms with E-state index in [1.54, 1.807) is 0 Å². The topological polar surface area (TPSA) is 0 Å². The third-order valence-electron chi connectivity index (χ3n) is 3.32. The molecule has 22 heavy (non-hydrogen) atoms. The third kappa shape index (κ3) is 4.73. The van der Waals surface area contributed by atoms with Crippen LogP contribution in [0.15, 0.2) is 97.1 Å². The van der Waals surface area contributed by atoms with Gasteiger partial charge in [-0.3, -0.25) is 0 Å². The molecule has 0 bridgehead atoms. The zero-order valence-corrected chi connectivity index (χ0v) is 14.2. The average Bonchev–Trinajstić information content (AvgIpc) is 3.29. The van der Waals surface area contributed by atoms with Gasteiger partial charge in [0.05, 0.1) is 0 Å². The smallest absolute Gasteiger partial charge is 0 e. The van der Waals surface area contributed by atoms with E-state index in [9.17, 15) is 0 Å². The number of hydrogen-bond acceptors (Lipinski definition) is 0. The normalized spacial score (nSPS) is 9.09. The Morgan fingerprint density at radius 1 is 0.455 bits per heavy atom. The molecule has 0 atom stereocenters. The van der Waals surface area contributed by atoms with Gasteiger partial charge in [-0.15, -0.1) is 0 Å². The second-order valence-electron chi connectivity index (χ2n) is 4.69. The van der Waals surface area contributed by atoms with Crippen LogP contribution in [0.4, 0.5) is 0 Å². The van der Waals surface area contributed by atoms with E-state index in [0.29, 0.717) is 0 Å². The summed E-state index contributed by atoms with van der Waals surface area (Å²) in [6, 6.07) is 33.4. The van der Waals surface area contributed by atoms with Gasteiger partial charge in [-0.25, -0.2) is 0 Å². The van der Waals surface area contributed by atoms with Crippen LogP contribution in [-0.4, -0.2) is 0 Å². The molecule has 0 nitrogen and oxygen atoms in total. The molecule has 0 heterocycles. The van der Waals surface area contributed by atoms with E-state index in [2.05, 4.69) is 97.1 Å². The van der Waals surface area contributed by atoms with Crippen LogP contribution in [0.5, 0.6) is 0 Å². The molecule has 0 aliphatic carbocycles. The van der Waals surface area contributed by atoms with E-state index >= 15 is 0 Å². The van der Waals surface area contributed by atoms with Crippen LogP contribution in [0.1, 0.15) is 0 Å². The number of rotatable bonds is 2. The molecule has 2 heteroatoms. The van der Waals surface area contributed by atoms with Gasteiger partial charge >= 0.3 is 0 Å². The zero-order chi connectivity index (χ0) is 13.6. The maximum atomic E-state index is 2.12. The molecular weight excluding hydrogens is 352 g/mol. The van der Waals surface area contributed by atoms with Gasteiger partial charge in [-0.1, -0.05) is 0 Å².